The van der Waals surface area contributed by atoms with Gasteiger partial charge < -0.3 is 10.2 Å². The lowest BCUT2D eigenvalue weighted by Crippen LogP contribution is -2.56. The fourth-order valence-electron chi connectivity index (χ4n) is 8.99. The van der Waals surface area contributed by atoms with Crippen LogP contribution in [0.15, 0.2) is 35.5 Å². The molecule has 0 heterocycles. The molecule has 0 spiro atoms. The smallest absolute Gasteiger partial charge is 0.330 e. The molecular formula is C30H46O3. The van der Waals surface area contributed by atoms with Crippen LogP contribution in [0.1, 0.15) is 92.9 Å². The molecule has 0 unspecified atom stereocenters. The standard InChI is InChI=1S/C30H46O3/c1-18(9-8-10-19(2)27(32)33)21-13-15-30(7)22-11-12-24-28(4,5)25(31)14-16-29(24,6)23(22)17-20(3)26(21)30/h10-11,18,21,23-26,31H,3,8-9,12-17H2,1-2,4-7H3,(H,32,33)/b19-10-/t18-,21+,23-,24+,25+,26+,29-,30+/m1/s1. The van der Waals surface area contributed by atoms with Gasteiger partial charge in [0.15, 0.2) is 0 Å². The number of allylic oxidation sites excluding steroid dienone is 4. The molecule has 0 radical (unpaired) electrons. The Morgan fingerprint density at radius 2 is 1.94 bits per heavy atom. The van der Waals surface area contributed by atoms with Crippen LogP contribution >= 0.6 is 0 Å². The first-order valence-electron chi connectivity index (χ1n) is 13.3. The van der Waals surface area contributed by atoms with Crippen LogP contribution in [0, 0.1) is 45.8 Å². The molecule has 0 saturated heterocycles. The minimum atomic E-state index is -0.808. The molecule has 0 aromatic rings. The largest absolute Gasteiger partial charge is 0.478 e. The van der Waals surface area contributed by atoms with Crippen molar-refractivity contribution in [3.05, 3.63) is 35.5 Å². The van der Waals surface area contributed by atoms with Gasteiger partial charge in [-0.1, -0.05) is 64.5 Å². The maximum Gasteiger partial charge on any atom is 0.330 e. The molecule has 184 valence electrons. The van der Waals surface area contributed by atoms with Crippen LogP contribution in [0.25, 0.3) is 0 Å². The summed E-state index contributed by atoms with van der Waals surface area (Å²) in [7, 11) is 0. The molecular weight excluding hydrogens is 408 g/mol. The van der Waals surface area contributed by atoms with Crippen molar-refractivity contribution in [1.29, 1.82) is 0 Å². The molecule has 3 nitrogen and oxygen atoms in total. The molecule has 3 fully saturated rings. The average Bonchev–Trinajstić information content (AvgIpc) is 3.11. The van der Waals surface area contributed by atoms with Gasteiger partial charge >= 0.3 is 5.97 Å². The zero-order chi connectivity index (χ0) is 24.3. The molecule has 33 heavy (non-hydrogen) atoms. The summed E-state index contributed by atoms with van der Waals surface area (Å²) in [6, 6.07) is 0. The lowest BCUT2D eigenvalue weighted by Gasteiger charge is -2.62. The third kappa shape index (κ3) is 3.77. The van der Waals surface area contributed by atoms with Crippen molar-refractivity contribution < 1.29 is 15.0 Å². The van der Waals surface area contributed by atoms with Crippen LogP contribution in [-0.4, -0.2) is 22.3 Å². The van der Waals surface area contributed by atoms with Crippen LogP contribution < -0.4 is 0 Å². The van der Waals surface area contributed by atoms with Gasteiger partial charge in [0.2, 0.25) is 0 Å². The zero-order valence-electron chi connectivity index (χ0n) is 21.8. The number of hydrogen-bond donors (Lipinski definition) is 2. The summed E-state index contributed by atoms with van der Waals surface area (Å²) in [5.41, 5.74) is 4.04. The van der Waals surface area contributed by atoms with E-state index in [0.29, 0.717) is 35.2 Å². The normalized spacial score (nSPS) is 43.2. The molecule has 8 atom stereocenters. The lowest BCUT2D eigenvalue weighted by atomic mass is 9.42. The van der Waals surface area contributed by atoms with Crippen LogP contribution in [0.5, 0.6) is 0 Å². The molecule has 4 aliphatic rings. The minimum Gasteiger partial charge on any atom is -0.478 e. The Hall–Kier alpha value is -1.35. The van der Waals surface area contributed by atoms with E-state index in [9.17, 15) is 9.90 Å². The van der Waals surface area contributed by atoms with Gasteiger partial charge in [-0.2, -0.15) is 0 Å². The summed E-state index contributed by atoms with van der Waals surface area (Å²) in [6.45, 7) is 18.4. The average molecular weight is 455 g/mol. The SMILES string of the molecule is C=C1C[C@@H]2C(=CC[C@H]3C(C)(C)[C@@H](O)CC[C@]23C)[C@]2(C)CC[C@@H]([C@H](C)CC/C=C(/C)C(=O)O)[C@H]12. The van der Waals surface area contributed by atoms with E-state index in [1.165, 1.54) is 18.4 Å². The molecule has 4 rings (SSSR count). The van der Waals surface area contributed by atoms with Crippen LogP contribution in [0.3, 0.4) is 0 Å². The molecule has 3 heteroatoms. The lowest BCUT2D eigenvalue weighted by molar-refractivity contribution is -0.132. The van der Waals surface area contributed by atoms with Crippen molar-refractivity contribution >= 4 is 5.97 Å². The van der Waals surface area contributed by atoms with Crippen molar-refractivity contribution in [2.45, 2.75) is 99.0 Å². The van der Waals surface area contributed by atoms with Crippen LogP contribution in [-0.2, 0) is 4.79 Å². The highest BCUT2D eigenvalue weighted by molar-refractivity contribution is 5.85. The topological polar surface area (TPSA) is 57.5 Å². The van der Waals surface area contributed by atoms with Crippen molar-refractivity contribution in [3.8, 4) is 0 Å². The Morgan fingerprint density at radius 1 is 1.24 bits per heavy atom. The summed E-state index contributed by atoms with van der Waals surface area (Å²) in [6.07, 6.45) is 12.9. The number of aliphatic hydroxyl groups is 1. The Balaban J connectivity index is 1.58. The number of fused-ring (bicyclic) bond motifs is 5. The monoisotopic (exact) mass is 454 g/mol. The fraction of sp³-hybridized carbons (Fsp3) is 0.767. The molecule has 3 saturated carbocycles. The second kappa shape index (κ2) is 8.40. The maximum absolute atomic E-state index is 11.1. The first kappa shape index (κ1) is 24.8. The van der Waals surface area contributed by atoms with Gasteiger partial charge in [-0.05, 0) is 104 Å². The number of aliphatic hydroxyl groups excluding tert-OH is 1. The maximum atomic E-state index is 11.1. The Bertz CT molecular complexity index is 879. The molecule has 0 aromatic heterocycles. The van der Waals surface area contributed by atoms with Gasteiger partial charge in [0, 0.05) is 5.57 Å². The molecule has 0 aliphatic heterocycles. The van der Waals surface area contributed by atoms with E-state index in [2.05, 4.69) is 40.7 Å². The highest BCUT2D eigenvalue weighted by Gasteiger charge is 2.62. The fourth-order valence-corrected chi connectivity index (χ4v) is 8.99. The third-order valence-corrected chi connectivity index (χ3v) is 11.1. The van der Waals surface area contributed by atoms with E-state index < -0.39 is 5.97 Å². The summed E-state index contributed by atoms with van der Waals surface area (Å²) >= 11 is 0. The van der Waals surface area contributed by atoms with Crippen molar-refractivity contribution in [1.82, 2.24) is 0 Å². The van der Waals surface area contributed by atoms with Gasteiger partial charge in [-0.15, -0.1) is 0 Å². The zero-order valence-corrected chi connectivity index (χ0v) is 21.8. The first-order valence-corrected chi connectivity index (χ1v) is 13.3. The highest BCUT2D eigenvalue weighted by Crippen LogP contribution is 2.70. The Labute approximate surface area is 201 Å². The predicted molar refractivity (Wildman–Crippen MR) is 135 cm³/mol. The number of hydrogen-bond acceptors (Lipinski definition) is 2. The minimum absolute atomic E-state index is 0.0392. The number of rotatable bonds is 5. The van der Waals surface area contributed by atoms with Crippen LogP contribution in [0.4, 0.5) is 0 Å². The third-order valence-electron chi connectivity index (χ3n) is 11.1. The molecule has 0 bridgehead atoms. The number of aliphatic carboxylic acids is 1. The van der Waals surface area contributed by atoms with Gasteiger partial charge in [-0.25, -0.2) is 4.79 Å². The van der Waals surface area contributed by atoms with Crippen molar-refractivity contribution in [2.75, 3.05) is 0 Å². The van der Waals surface area contributed by atoms with E-state index in [4.69, 9.17) is 11.7 Å². The van der Waals surface area contributed by atoms with Crippen LogP contribution in [0.2, 0.25) is 0 Å². The van der Waals surface area contributed by atoms with Gasteiger partial charge in [0.05, 0.1) is 6.10 Å². The molecule has 0 amide bonds. The van der Waals surface area contributed by atoms with Gasteiger partial charge in [-0.3, -0.25) is 0 Å². The second-order valence-corrected chi connectivity index (χ2v) is 13.1. The van der Waals surface area contributed by atoms with Crippen molar-refractivity contribution in [2.24, 2.45) is 45.8 Å². The molecule has 0 aromatic carbocycles. The number of carboxylic acids is 1. The molecule has 4 aliphatic carbocycles. The Morgan fingerprint density at radius 3 is 2.61 bits per heavy atom. The van der Waals surface area contributed by atoms with Gasteiger partial charge in [0.1, 0.15) is 0 Å². The second-order valence-electron chi connectivity index (χ2n) is 13.1. The summed E-state index contributed by atoms with van der Waals surface area (Å²) in [5, 5.41) is 19.9. The van der Waals surface area contributed by atoms with Crippen molar-refractivity contribution in [3.63, 3.8) is 0 Å². The molecule has 2 N–H and O–H groups in total. The van der Waals surface area contributed by atoms with E-state index in [0.717, 1.165) is 38.5 Å². The summed E-state index contributed by atoms with van der Waals surface area (Å²) in [5.74, 6) is 2.03. The highest BCUT2D eigenvalue weighted by atomic mass is 16.4. The van der Waals surface area contributed by atoms with E-state index >= 15 is 0 Å². The Kier molecular flexibility index (Phi) is 6.30. The van der Waals surface area contributed by atoms with E-state index in [1.54, 1.807) is 12.5 Å². The van der Waals surface area contributed by atoms with E-state index in [1.807, 2.05) is 6.08 Å². The van der Waals surface area contributed by atoms with Gasteiger partial charge in [0.25, 0.3) is 0 Å². The summed E-state index contributed by atoms with van der Waals surface area (Å²) in [4.78, 5) is 11.1. The number of carbonyl (C=O) groups is 1. The summed E-state index contributed by atoms with van der Waals surface area (Å²) < 4.78 is 0. The predicted octanol–water partition coefficient (Wildman–Crippen LogP) is 7.18. The van der Waals surface area contributed by atoms with E-state index in [-0.39, 0.29) is 22.3 Å². The number of carboxylic acid groups (broad SMARTS) is 1. The quantitative estimate of drug-likeness (QED) is 0.342. The first-order chi connectivity index (χ1) is 15.3.